The SMILES string of the molecule is O=C(OC12CC3CC(CC(O)(C3)C1)C2)C(F)(SOOO)C(F)(F)F. The van der Waals surface area contributed by atoms with Gasteiger partial charge in [-0.1, -0.05) is 5.04 Å². The third kappa shape index (κ3) is 3.00. The van der Waals surface area contributed by atoms with Crippen LogP contribution in [0.5, 0.6) is 0 Å². The maximum absolute atomic E-state index is 14.2. The van der Waals surface area contributed by atoms with E-state index in [0.29, 0.717) is 25.7 Å². The summed E-state index contributed by atoms with van der Waals surface area (Å²) < 4.78 is 61.6. The van der Waals surface area contributed by atoms with Gasteiger partial charge in [-0.2, -0.15) is 13.2 Å². The van der Waals surface area contributed by atoms with Crippen LogP contribution >= 0.6 is 12.0 Å². The molecule has 0 amide bonds. The summed E-state index contributed by atoms with van der Waals surface area (Å²) in [7, 11) is 0. The Labute approximate surface area is 138 Å². The van der Waals surface area contributed by atoms with Gasteiger partial charge in [0.05, 0.1) is 17.6 Å². The highest BCUT2D eigenvalue weighted by Gasteiger charge is 2.68. The van der Waals surface area contributed by atoms with Crippen molar-refractivity contribution in [3.63, 3.8) is 0 Å². The van der Waals surface area contributed by atoms with E-state index in [1.54, 1.807) is 0 Å². The van der Waals surface area contributed by atoms with Gasteiger partial charge in [0.2, 0.25) is 0 Å². The Kier molecular flexibility index (Phi) is 4.31. The number of ether oxygens (including phenoxy) is 1. The number of carbonyl (C=O) groups excluding carboxylic acids is 1. The number of hydrogen-bond acceptors (Lipinski definition) is 7. The molecule has 4 fully saturated rings. The predicted octanol–water partition coefficient (Wildman–Crippen LogP) is 2.91. The van der Waals surface area contributed by atoms with Crippen molar-refractivity contribution < 1.29 is 46.8 Å². The Balaban J connectivity index is 1.80. The van der Waals surface area contributed by atoms with Crippen molar-refractivity contribution in [1.29, 1.82) is 0 Å². The third-order valence-corrected chi connectivity index (χ3v) is 5.85. The molecule has 3 atom stereocenters. The number of halogens is 4. The summed E-state index contributed by atoms with van der Waals surface area (Å²) in [5.41, 5.74) is -2.39. The van der Waals surface area contributed by atoms with Crippen LogP contribution in [0.2, 0.25) is 0 Å². The first-order valence-corrected chi connectivity index (χ1v) is 8.12. The lowest BCUT2D eigenvalue weighted by molar-refractivity contribution is -0.433. The molecule has 4 saturated carbocycles. The zero-order chi connectivity index (χ0) is 17.8. The van der Waals surface area contributed by atoms with Gasteiger partial charge in [-0.25, -0.2) is 14.4 Å². The second-order valence-corrected chi connectivity index (χ2v) is 7.94. The van der Waals surface area contributed by atoms with E-state index in [2.05, 4.69) is 9.37 Å². The van der Waals surface area contributed by atoms with E-state index in [1.165, 1.54) is 0 Å². The van der Waals surface area contributed by atoms with Gasteiger partial charge in [-0.15, -0.1) is 4.33 Å². The van der Waals surface area contributed by atoms with E-state index < -0.39 is 40.4 Å². The summed E-state index contributed by atoms with van der Waals surface area (Å²) in [4.78, 5) is 12.0. The predicted molar refractivity (Wildman–Crippen MR) is 70.7 cm³/mol. The molecule has 0 spiro atoms. The monoisotopic (exact) mass is 376 g/mol. The molecule has 6 nitrogen and oxygen atoms in total. The number of alkyl halides is 4. The summed E-state index contributed by atoms with van der Waals surface area (Å²) in [6, 6.07) is 0. The van der Waals surface area contributed by atoms with Gasteiger partial charge >= 0.3 is 17.1 Å². The van der Waals surface area contributed by atoms with Crippen LogP contribution in [0.3, 0.4) is 0 Å². The molecular formula is C13H16F4O6S. The molecule has 4 aliphatic rings. The number of hydrogen-bond donors (Lipinski definition) is 2. The Morgan fingerprint density at radius 3 is 2.17 bits per heavy atom. The largest absolute Gasteiger partial charge is 0.456 e. The first-order valence-electron chi connectivity index (χ1n) is 7.38. The highest BCUT2D eigenvalue weighted by atomic mass is 32.2. The lowest BCUT2D eigenvalue weighted by Gasteiger charge is -2.59. The van der Waals surface area contributed by atoms with Crippen LogP contribution in [0.15, 0.2) is 0 Å². The van der Waals surface area contributed by atoms with Crippen LogP contribution in [0.4, 0.5) is 17.6 Å². The normalized spacial score (nSPS) is 40.4. The molecule has 0 aromatic carbocycles. The molecule has 0 aromatic heterocycles. The van der Waals surface area contributed by atoms with Crippen molar-refractivity contribution in [3.8, 4) is 0 Å². The van der Waals surface area contributed by atoms with Crippen molar-refractivity contribution in [2.75, 3.05) is 0 Å². The molecule has 0 radical (unpaired) electrons. The number of carbonyl (C=O) groups is 1. The van der Waals surface area contributed by atoms with Gasteiger partial charge in [0, 0.05) is 6.42 Å². The van der Waals surface area contributed by atoms with Gasteiger partial charge in [0.1, 0.15) is 5.60 Å². The fraction of sp³-hybridized carbons (Fsp3) is 0.923. The minimum absolute atomic E-state index is 0.00526. The smallest absolute Gasteiger partial charge is 0.446 e. The van der Waals surface area contributed by atoms with E-state index in [4.69, 9.17) is 9.99 Å². The lowest BCUT2D eigenvalue weighted by atomic mass is 9.52. The second-order valence-electron chi connectivity index (χ2n) is 7.08. The molecule has 0 aromatic rings. The second kappa shape index (κ2) is 5.70. The van der Waals surface area contributed by atoms with Crippen LogP contribution in [-0.4, -0.2) is 38.7 Å². The van der Waals surface area contributed by atoms with E-state index in [-0.39, 0.29) is 18.3 Å². The Morgan fingerprint density at radius 1 is 1.12 bits per heavy atom. The van der Waals surface area contributed by atoms with Gasteiger partial charge < -0.3 is 9.84 Å². The first-order chi connectivity index (χ1) is 11.0. The molecule has 2 N–H and O–H groups in total. The van der Waals surface area contributed by atoms with Gasteiger partial charge in [-0.3, -0.25) is 0 Å². The standard InChI is InChI=1S/C13H16F4O6S/c14-12(13(15,16)17,24-23-22-20)9(18)21-11-4-7-1-8(5-11)3-10(19,2-7)6-11/h7-8,19-20H,1-6H2. The number of esters is 1. The topological polar surface area (TPSA) is 85.2 Å². The molecular weight excluding hydrogens is 360 g/mol. The average Bonchev–Trinajstić information content (AvgIpc) is 2.39. The molecule has 4 aliphatic carbocycles. The maximum Gasteiger partial charge on any atom is 0.446 e. The number of aliphatic hydroxyl groups is 1. The lowest BCUT2D eigenvalue weighted by Crippen LogP contribution is -2.62. The van der Waals surface area contributed by atoms with E-state index in [1.807, 2.05) is 0 Å². The highest BCUT2D eigenvalue weighted by Crippen LogP contribution is 2.59. The van der Waals surface area contributed by atoms with Crippen LogP contribution in [0.25, 0.3) is 0 Å². The van der Waals surface area contributed by atoms with Crippen LogP contribution in [0.1, 0.15) is 38.5 Å². The zero-order valence-corrected chi connectivity index (χ0v) is 13.2. The van der Waals surface area contributed by atoms with Crippen molar-refractivity contribution in [2.45, 2.75) is 60.9 Å². The van der Waals surface area contributed by atoms with E-state index in [0.717, 1.165) is 6.42 Å². The summed E-state index contributed by atoms with van der Waals surface area (Å²) >= 11 is -1.03. The average molecular weight is 376 g/mol. The summed E-state index contributed by atoms with van der Waals surface area (Å²) in [5.74, 6) is -2.11. The van der Waals surface area contributed by atoms with Crippen molar-refractivity contribution in [2.24, 2.45) is 11.8 Å². The summed E-state index contributed by atoms with van der Waals surface area (Å²) in [6.07, 6.45) is -3.21. The molecule has 24 heavy (non-hydrogen) atoms. The van der Waals surface area contributed by atoms with Crippen molar-refractivity contribution in [3.05, 3.63) is 0 Å². The minimum Gasteiger partial charge on any atom is -0.456 e. The van der Waals surface area contributed by atoms with E-state index in [9.17, 15) is 27.5 Å². The van der Waals surface area contributed by atoms with Crippen molar-refractivity contribution >= 4 is 18.0 Å². The summed E-state index contributed by atoms with van der Waals surface area (Å²) in [6.45, 7) is 0. The minimum atomic E-state index is -5.65. The highest BCUT2D eigenvalue weighted by molar-refractivity contribution is 7.96. The fourth-order valence-electron chi connectivity index (χ4n) is 4.77. The molecule has 4 bridgehead atoms. The molecule has 138 valence electrons. The van der Waals surface area contributed by atoms with Crippen LogP contribution < -0.4 is 0 Å². The molecule has 4 rings (SSSR count). The molecule has 0 heterocycles. The Hall–Kier alpha value is -0.620. The van der Waals surface area contributed by atoms with Gasteiger partial charge in [0.15, 0.2) is 0 Å². The Morgan fingerprint density at radius 2 is 1.71 bits per heavy atom. The first kappa shape index (κ1) is 18.2. The van der Waals surface area contributed by atoms with E-state index >= 15 is 0 Å². The molecule has 0 saturated heterocycles. The summed E-state index contributed by atoms with van der Waals surface area (Å²) in [5, 5.41) is 16.9. The molecule has 11 heteroatoms. The quantitative estimate of drug-likeness (QED) is 0.251. The third-order valence-electron chi connectivity index (χ3n) is 5.09. The number of rotatable bonds is 5. The van der Waals surface area contributed by atoms with Gasteiger partial charge in [-0.05, 0) is 43.9 Å². The van der Waals surface area contributed by atoms with Crippen LogP contribution in [0, 0.1) is 11.8 Å². The molecule has 0 aliphatic heterocycles. The molecule has 3 unspecified atom stereocenters. The van der Waals surface area contributed by atoms with Crippen LogP contribution in [-0.2, 0) is 18.9 Å². The fourth-order valence-corrected chi connectivity index (χ4v) is 5.10. The Bertz CT molecular complexity index is 515. The van der Waals surface area contributed by atoms with Crippen molar-refractivity contribution in [1.82, 2.24) is 0 Å². The van der Waals surface area contributed by atoms with Gasteiger partial charge in [0.25, 0.3) is 0 Å². The zero-order valence-electron chi connectivity index (χ0n) is 12.3. The maximum atomic E-state index is 14.2.